The van der Waals surface area contributed by atoms with Crippen LogP contribution in [0.25, 0.3) is 0 Å². The summed E-state index contributed by atoms with van der Waals surface area (Å²) in [6, 6.07) is 21.0. The summed E-state index contributed by atoms with van der Waals surface area (Å²) in [7, 11) is 4.63. The second-order valence-corrected chi connectivity index (χ2v) is 8.44. The van der Waals surface area contributed by atoms with Crippen LogP contribution in [-0.4, -0.2) is 63.1 Å². The zero-order valence-electron chi connectivity index (χ0n) is 20.3. The molecule has 0 amide bonds. The number of methoxy groups -OCH3 is 3. The zero-order chi connectivity index (χ0) is 24.8. The van der Waals surface area contributed by atoms with Gasteiger partial charge in [-0.1, -0.05) is 30.3 Å². The minimum atomic E-state index is -0.705. The lowest BCUT2D eigenvalue weighted by atomic mass is 9.87. The third-order valence-corrected chi connectivity index (χ3v) is 6.25. The van der Waals surface area contributed by atoms with E-state index in [0.29, 0.717) is 23.6 Å². The molecule has 0 fully saturated rings. The molecule has 1 heterocycles. The van der Waals surface area contributed by atoms with Crippen molar-refractivity contribution in [3.05, 3.63) is 89.0 Å². The van der Waals surface area contributed by atoms with Gasteiger partial charge in [0.15, 0.2) is 11.5 Å². The number of benzene rings is 3. The number of carbonyl (C=O) groups is 1. The van der Waals surface area contributed by atoms with Crippen molar-refractivity contribution in [3.8, 4) is 17.2 Å². The lowest BCUT2D eigenvalue weighted by Crippen LogP contribution is -2.42. The summed E-state index contributed by atoms with van der Waals surface area (Å²) in [5.41, 5.74) is 3.95. The monoisotopic (exact) mass is 477 g/mol. The van der Waals surface area contributed by atoms with Crippen LogP contribution in [0.15, 0.2) is 66.7 Å². The highest BCUT2D eigenvalue weighted by Gasteiger charge is 2.31. The lowest BCUT2D eigenvalue weighted by molar-refractivity contribution is 0.0551. The molecule has 2 atom stereocenters. The van der Waals surface area contributed by atoms with E-state index in [1.54, 1.807) is 38.5 Å². The number of nitrogens with zero attached hydrogens (tertiary/aromatic N) is 1. The molecule has 1 aliphatic rings. The summed E-state index contributed by atoms with van der Waals surface area (Å²) in [5, 5.41) is 10.9. The van der Waals surface area contributed by atoms with Gasteiger partial charge in [0, 0.05) is 13.1 Å². The third-order valence-electron chi connectivity index (χ3n) is 6.25. The summed E-state index contributed by atoms with van der Waals surface area (Å²) in [4.78, 5) is 13.9. The van der Waals surface area contributed by atoms with E-state index in [1.807, 2.05) is 24.3 Å². The normalized spacial score (nSPS) is 16.2. The summed E-state index contributed by atoms with van der Waals surface area (Å²) < 4.78 is 21.6. The number of carbonyl (C=O) groups excluding carboxylic acids is 1. The van der Waals surface area contributed by atoms with Crippen LogP contribution in [0.1, 0.15) is 33.1 Å². The molecule has 0 radical (unpaired) electrons. The Kier molecular flexibility index (Phi) is 7.90. The van der Waals surface area contributed by atoms with Gasteiger partial charge in [-0.3, -0.25) is 4.90 Å². The number of aliphatic hydroxyl groups is 1. The Morgan fingerprint density at radius 2 is 1.69 bits per heavy atom. The van der Waals surface area contributed by atoms with Crippen molar-refractivity contribution in [1.29, 1.82) is 0 Å². The number of esters is 1. The molecule has 3 aromatic carbocycles. The van der Waals surface area contributed by atoms with Gasteiger partial charge >= 0.3 is 5.97 Å². The maximum Gasteiger partial charge on any atom is 0.337 e. The Hall–Kier alpha value is -3.55. The van der Waals surface area contributed by atoms with Crippen LogP contribution in [0.4, 0.5) is 0 Å². The van der Waals surface area contributed by atoms with Crippen molar-refractivity contribution >= 4 is 5.97 Å². The standard InChI is InChI=1S/C28H31NO6/c1-32-25-15-21-13-14-29(27(19-7-5-4-6-8-19)24(21)16-26(25)33-2)17-22(30)18-35-23-11-9-20(10-12-23)28(31)34-3/h4-12,15-16,22,27,30H,13-14,17-18H2,1-3H3/t22-,27+/m1/s1. The molecule has 0 saturated heterocycles. The van der Waals surface area contributed by atoms with E-state index in [2.05, 4.69) is 23.1 Å². The number of aliphatic hydroxyl groups excluding tert-OH is 1. The Labute approximate surface area is 205 Å². The Bertz CT molecular complexity index is 1130. The quantitative estimate of drug-likeness (QED) is 0.469. The molecule has 0 aromatic heterocycles. The van der Waals surface area contributed by atoms with Crippen molar-refractivity contribution in [2.75, 3.05) is 41.0 Å². The van der Waals surface area contributed by atoms with Crippen LogP contribution >= 0.6 is 0 Å². The highest BCUT2D eigenvalue weighted by atomic mass is 16.5. The van der Waals surface area contributed by atoms with Gasteiger partial charge in [0.1, 0.15) is 18.5 Å². The second-order valence-electron chi connectivity index (χ2n) is 8.44. The Morgan fingerprint density at radius 1 is 1.00 bits per heavy atom. The fraction of sp³-hybridized carbons (Fsp3) is 0.321. The first kappa shape index (κ1) is 24.6. The van der Waals surface area contributed by atoms with Crippen molar-refractivity contribution in [1.82, 2.24) is 4.90 Å². The van der Waals surface area contributed by atoms with E-state index >= 15 is 0 Å². The average Bonchev–Trinajstić information content (AvgIpc) is 2.91. The SMILES string of the molecule is COC(=O)c1ccc(OC[C@H](O)CN2CCc3cc(OC)c(OC)cc3[C@@H]2c2ccccc2)cc1. The largest absolute Gasteiger partial charge is 0.493 e. The van der Waals surface area contributed by atoms with E-state index in [4.69, 9.17) is 18.9 Å². The van der Waals surface area contributed by atoms with Gasteiger partial charge in [-0.15, -0.1) is 0 Å². The van der Waals surface area contributed by atoms with Gasteiger partial charge in [-0.2, -0.15) is 0 Å². The molecule has 0 aliphatic carbocycles. The molecule has 7 nitrogen and oxygen atoms in total. The first-order valence-corrected chi connectivity index (χ1v) is 11.6. The molecule has 0 bridgehead atoms. The van der Waals surface area contributed by atoms with Crippen LogP contribution in [0, 0.1) is 0 Å². The third kappa shape index (κ3) is 5.58. The highest BCUT2D eigenvalue weighted by Crippen LogP contribution is 2.41. The van der Waals surface area contributed by atoms with Gasteiger partial charge in [0.05, 0.1) is 32.9 Å². The summed E-state index contributed by atoms with van der Waals surface area (Å²) in [6.45, 7) is 1.36. The van der Waals surface area contributed by atoms with E-state index in [1.165, 1.54) is 12.7 Å². The summed E-state index contributed by atoms with van der Waals surface area (Å²) >= 11 is 0. The van der Waals surface area contributed by atoms with Crippen LogP contribution in [0.2, 0.25) is 0 Å². The molecule has 35 heavy (non-hydrogen) atoms. The van der Waals surface area contributed by atoms with Crippen molar-refractivity contribution in [2.24, 2.45) is 0 Å². The van der Waals surface area contributed by atoms with Gasteiger partial charge in [0.25, 0.3) is 0 Å². The number of rotatable bonds is 9. The summed E-state index contributed by atoms with van der Waals surface area (Å²) in [6.07, 6.45) is 0.130. The van der Waals surface area contributed by atoms with E-state index in [0.717, 1.165) is 29.8 Å². The molecule has 0 saturated carbocycles. The predicted molar refractivity (Wildman–Crippen MR) is 132 cm³/mol. The summed E-state index contributed by atoms with van der Waals surface area (Å²) in [5.74, 6) is 1.59. The number of β-amino-alcohol motifs (C(OH)–C–C–N with tert-alkyl or cyclic N) is 1. The van der Waals surface area contributed by atoms with Crippen LogP contribution in [0.5, 0.6) is 17.2 Å². The fourth-order valence-electron chi connectivity index (χ4n) is 4.54. The molecule has 4 rings (SSSR count). The lowest BCUT2D eigenvalue weighted by Gasteiger charge is -2.39. The molecule has 1 aliphatic heterocycles. The van der Waals surface area contributed by atoms with Crippen LogP contribution in [-0.2, 0) is 11.2 Å². The number of hydrogen-bond acceptors (Lipinski definition) is 7. The number of fused-ring (bicyclic) bond motifs is 1. The van der Waals surface area contributed by atoms with Crippen molar-refractivity contribution < 1.29 is 28.8 Å². The van der Waals surface area contributed by atoms with E-state index in [-0.39, 0.29) is 12.6 Å². The molecule has 3 aromatic rings. The van der Waals surface area contributed by atoms with Gasteiger partial charge in [0.2, 0.25) is 0 Å². The van der Waals surface area contributed by atoms with Gasteiger partial charge in [-0.05, 0) is 59.5 Å². The minimum absolute atomic E-state index is 0.0336. The van der Waals surface area contributed by atoms with Crippen molar-refractivity contribution in [3.63, 3.8) is 0 Å². The molecule has 0 spiro atoms. The first-order valence-electron chi connectivity index (χ1n) is 11.6. The second kappa shape index (κ2) is 11.3. The van der Waals surface area contributed by atoms with Crippen LogP contribution in [0.3, 0.4) is 0 Å². The average molecular weight is 478 g/mol. The predicted octanol–water partition coefficient (Wildman–Crippen LogP) is 3.88. The molecule has 1 N–H and O–H groups in total. The molecular formula is C28H31NO6. The first-order chi connectivity index (χ1) is 17.0. The maximum absolute atomic E-state index is 11.6. The van der Waals surface area contributed by atoms with Crippen molar-refractivity contribution in [2.45, 2.75) is 18.6 Å². The number of ether oxygens (including phenoxy) is 4. The zero-order valence-corrected chi connectivity index (χ0v) is 20.3. The fourth-order valence-corrected chi connectivity index (χ4v) is 4.54. The maximum atomic E-state index is 11.6. The Morgan fingerprint density at radius 3 is 2.34 bits per heavy atom. The van der Waals surface area contributed by atoms with E-state index < -0.39 is 12.1 Å². The molecular weight excluding hydrogens is 446 g/mol. The highest BCUT2D eigenvalue weighted by molar-refractivity contribution is 5.89. The Balaban J connectivity index is 1.51. The van der Waals surface area contributed by atoms with Gasteiger partial charge < -0.3 is 24.1 Å². The molecule has 7 heteroatoms. The smallest absolute Gasteiger partial charge is 0.337 e. The van der Waals surface area contributed by atoms with Crippen LogP contribution < -0.4 is 14.2 Å². The van der Waals surface area contributed by atoms with E-state index in [9.17, 15) is 9.90 Å². The minimum Gasteiger partial charge on any atom is -0.493 e. The topological polar surface area (TPSA) is 77.5 Å². The molecule has 0 unspecified atom stereocenters. The molecule has 184 valence electrons. The van der Waals surface area contributed by atoms with Gasteiger partial charge in [-0.25, -0.2) is 4.79 Å². The number of hydrogen-bond donors (Lipinski definition) is 1.